The van der Waals surface area contributed by atoms with E-state index in [1.807, 2.05) is 31.2 Å². The molecule has 0 aliphatic heterocycles. The monoisotopic (exact) mass is 264 g/mol. The van der Waals surface area contributed by atoms with E-state index in [1.54, 1.807) is 11.8 Å². The number of para-hydroxylation sites is 1. The standard InChI is InChI=1S/C12H16N4OS/c1-2-17-11-6-4-3-5-9(11)10(13)7-18-12-14-8-15-16-12/h3-6,8,10H,2,7,13H2,1H3,(H,14,15,16). The van der Waals surface area contributed by atoms with E-state index in [1.165, 1.54) is 6.33 Å². The van der Waals surface area contributed by atoms with Crippen molar-refractivity contribution in [3.63, 3.8) is 0 Å². The summed E-state index contributed by atoms with van der Waals surface area (Å²) in [5.41, 5.74) is 7.20. The Morgan fingerprint density at radius 3 is 3.00 bits per heavy atom. The molecule has 5 nitrogen and oxygen atoms in total. The van der Waals surface area contributed by atoms with Gasteiger partial charge in [0.05, 0.1) is 6.61 Å². The molecule has 1 aromatic heterocycles. The van der Waals surface area contributed by atoms with Gasteiger partial charge in [0.15, 0.2) is 5.16 Å². The third-order valence-corrected chi connectivity index (χ3v) is 3.41. The summed E-state index contributed by atoms with van der Waals surface area (Å²) in [6, 6.07) is 7.76. The Hall–Kier alpha value is -1.53. The van der Waals surface area contributed by atoms with Crippen LogP contribution < -0.4 is 10.5 Å². The second kappa shape index (κ2) is 6.42. The van der Waals surface area contributed by atoms with Crippen molar-refractivity contribution in [2.24, 2.45) is 5.73 Å². The Labute approximate surface area is 110 Å². The number of aromatic nitrogens is 3. The summed E-state index contributed by atoms with van der Waals surface area (Å²) in [6.45, 7) is 2.60. The molecular formula is C12H16N4OS. The van der Waals surface area contributed by atoms with Crippen LogP contribution in [-0.4, -0.2) is 27.5 Å². The molecule has 0 fully saturated rings. The molecule has 2 aromatic rings. The first-order chi connectivity index (χ1) is 8.81. The minimum Gasteiger partial charge on any atom is -0.494 e. The molecule has 96 valence electrons. The van der Waals surface area contributed by atoms with E-state index in [0.29, 0.717) is 6.61 Å². The molecular weight excluding hydrogens is 248 g/mol. The predicted molar refractivity (Wildman–Crippen MR) is 71.6 cm³/mol. The number of hydrogen-bond donors (Lipinski definition) is 2. The van der Waals surface area contributed by atoms with Crippen molar-refractivity contribution < 1.29 is 4.74 Å². The van der Waals surface area contributed by atoms with Crippen LogP contribution in [0.25, 0.3) is 0 Å². The van der Waals surface area contributed by atoms with Crippen LogP contribution in [0.15, 0.2) is 35.7 Å². The van der Waals surface area contributed by atoms with Crippen LogP contribution in [0.1, 0.15) is 18.5 Å². The number of hydrogen-bond acceptors (Lipinski definition) is 5. The van der Waals surface area contributed by atoms with Crippen LogP contribution in [0.4, 0.5) is 0 Å². The topological polar surface area (TPSA) is 76.8 Å². The molecule has 0 aliphatic carbocycles. The average molecular weight is 264 g/mol. The van der Waals surface area contributed by atoms with Gasteiger partial charge in [0.2, 0.25) is 0 Å². The minimum atomic E-state index is -0.0946. The number of nitrogens with zero attached hydrogens (tertiary/aromatic N) is 2. The molecule has 3 N–H and O–H groups in total. The van der Waals surface area contributed by atoms with Crippen LogP contribution in [0.3, 0.4) is 0 Å². The fourth-order valence-corrected chi connectivity index (χ4v) is 2.35. The number of aromatic amines is 1. The van der Waals surface area contributed by atoms with E-state index in [9.17, 15) is 0 Å². The quantitative estimate of drug-likeness (QED) is 0.780. The molecule has 1 unspecified atom stereocenters. The summed E-state index contributed by atoms with van der Waals surface area (Å²) < 4.78 is 5.57. The normalized spacial score (nSPS) is 12.3. The van der Waals surface area contributed by atoms with Crippen LogP contribution >= 0.6 is 11.8 Å². The fraction of sp³-hybridized carbons (Fsp3) is 0.333. The Morgan fingerprint density at radius 2 is 2.28 bits per heavy atom. The first-order valence-electron chi connectivity index (χ1n) is 5.76. The maximum absolute atomic E-state index is 6.18. The number of ether oxygens (including phenoxy) is 1. The van der Waals surface area contributed by atoms with Gasteiger partial charge in [-0.1, -0.05) is 30.0 Å². The molecule has 1 aromatic carbocycles. The van der Waals surface area contributed by atoms with Gasteiger partial charge in [-0.15, -0.1) is 0 Å². The molecule has 0 saturated heterocycles. The third-order valence-electron chi connectivity index (χ3n) is 2.41. The van der Waals surface area contributed by atoms with E-state index in [4.69, 9.17) is 10.5 Å². The van der Waals surface area contributed by atoms with Crippen molar-refractivity contribution in [2.75, 3.05) is 12.4 Å². The summed E-state index contributed by atoms with van der Waals surface area (Å²) in [6.07, 6.45) is 1.49. The molecule has 2 rings (SSSR count). The molecule has 6 heteroatoms. The highest BCUT2D eigenvalue weighted by molar-refractivity contribution is 7.99. The maximum atomic E-state index is 6.18. The zero-order valence-electron chi connectivity index (χ0n) is 10.2. The Kier molecular flexibility index (Phi) is 4.60. The molecule has 0 amide bonds. The van der Waals surface area contributed by atoms with E-state index in [2.05, 4.69) is 15.2 Å². The van der Waals surface area contributed by atoms with Gasteiger partial charge in [0.25, 0.3) is 0 Å². The molecule has 0 radical (unpaired) electrons. The molecule has 1 atom stereocenters. The van der Waals surface area contributed by atoms with Crippen LogP contribution in [0.2, 0.25) is 0 Å². The number of benzene rings is 1. The summed E-state index contributed by atoms with van der Waals surface area (Å²) >= 11 is 1.55. The molecule has 18 heavy (non-hydrogen) atoms. The van der Waals surface area contributed by atoms with Crippen molar-refractivity contribution in [2.45, 2.75) is 18.1 Å². The molecule has 0 spiro atoms. The maximum Gasteiger partial charge on any atom is 0.183 e. The zero-order valence-corrected chi connectivity index (χ0v) is 11.0. The lowest BCUT2D eigenvalue weighted by Crippen LogP contribution is -2.14. The van der Waals surface area contributed by atoms with Gasteiger partial charge in [0, 0.05) is 17.4 Å². The van der Waals surface area contributed by atoms with Crippen LogP contribution in [0.5, 0.6) is 5.75 Å². The minimum absolute atomic E-state index is 0.0946. The van der Waals surface area contributed by atoms with Crippen molar-refractivity contribution >= 4 is 11.8 Å². The van der Waals surface area contributed by atoms with Crippen molar-refractivity contribution in [1.82, 2.24) is 15.2 Å². The lowest BCUT2D eigenvalue weighted by molar-refractivity contribution is 0.335. The Morgan fingerprint density at radius 1 is 1.44 bits per heavy atom. The molecule has 0 aliphatic rings. The average Bonchev–Trinajstić information content (AvgIpc) is 2.90. The van der Waals surface area contributed by atoms with Gasteiger partial charge >= 0.3 is 0 Å². The summed E-state index contributed by atoms with van der Waals surface area (Å²) in [4.78, 5) is 4.05. The number of nitrogens with two attached hydrogens (primary N) is 1. The van der Waals surface area contributed by atoms with Crippen LogP contribution in [-0.2, 0) is 0 Å². The number of H-pyrrole nitrogens is 1. The fourth-order valence-electron chi connectivity index (χ4n) is 1.60. The first-order valence-corrected chi connectivity index (χ1v) is 6.75. The molecule has 0 bridgehead atoms. The highest BCUT2D eigenvalue weighted by Gasteiger charge is 2.12. The second-order valence-electron chi connectivity index (χ2n) is 3.68. The van der Waals surface area contributed by atoms with Crippen molar-refractivity contribution in [3.8, 4) is 5.75 Å². The van der Waals surface area contributed by atoms with Crippen molar-refractivity contribution in [1.29, 1.82) is 0 Å². The van der Waals surface area contributed by atoms with Gasteiger partial charge in [-0.3, -0.25) is 5.10 Å². The SMILES string of the molecule is CCOc1ccccc1C(N)CSc1ncn[nH]1. The predicted octanol–water partition coefficient (Wildman–Crippen LogP) is 2.00. The smallest absolute Gasteiger partial charge is 0.183 e. The van der Waals surface area contributed by atoms with Gasteiger partial charge in [-0.2, -0.15) is 5.10 Å². The Bertz CT molecular complexity index is 475. The van der Waals surface area contributed by atoms with E-state index >= 15 is 0 Å². The summed E-state index contributed by atoms with van der Waals surface area (Å²) in [7, 11) is 0. The molecule has 1 heterocycles. The number of rotatable bonds is 6. The number of thioether (sulfide) groups is 1. The Balaban J connectivity index is 2.01. The lowest BCUT2D eigenvalue weighted by atomic mass is 10.1. The number of nitrogens with one attached hydrogen (secondary N) is 1. The first kappa shape index (κ1) is 12.9. The second-order valence-corrected chi connectivity index (χ2v) is 4.69. The largest absolute Gasteiger partial charge is 0.494 e. The van der Waals surface area contributed by atoms with Crippen molar-refractivity contribution in [3.05, 3.63) is 36.2 Å². The van der Waals surface area contributed by atoms with Gasteiger partial charge in [-0.25, -0.2) is 4.98 Å². The van der Waals surface area contributed by atoms with Gasteiger partial charge in [-0.05, 0) is 13.0 Å². The van der Waals surface area contributed by atoms with Gasteiger partial charge in [0.1, 0.15) is 12.1 Å². The summed E-state index contributed by atoms with van der Waals surface area (Å²) in [5, 5.41) is 7.37. The van der Waals surface area contributed by atoms with Crippen LogP contribution in [0, 0.1) is 0 Å². The highest BCUT2D eigenvalue weighted by Crippen LogP contribution is 2.27. The van der Waals surface area contributed by atoms with E-state index in [0.717, 1.165) is 22.2 Å². The molecule has 0 saturated carbocycles. The highest BCUT2D eigenvalue weighted by atomic mass is 32.2. The lowest BCUT2D eigenvalue weighted by Gasteiger charge is -2.15. The summed E-state index contributed by atoms with van der Waals surface area (Å²) in [5.74, 6) is 1.57. The third kappa shape index (κ3) is 3.24. The van der Waals surface area contributed by atoms with E-state index < -0.39 is 0 Å². The van der Waals surface area contributed by atoms with E-state index in [-0.39, 0.29) is 6.04 Å². The van der Waals surface area contributed by atoms with Gasteiger partial charge < -0.3 is 10.5 Å². The zero-order chi connectivity index (χ0) is 12.8.